The van der Waals surface area contributed by atoms with Gasteiger partial charge in [0.05, 0.1) is 11.0 Å². The topological polar surface area (TPSA) is 32.5 Å². The number of hydrogen-bond acceptors (Lipinski definition) is 3. The predicted octanol–water partition coefficient (Wildman–Crippen LogP) is 2.40. The number of piperazine rings is 1. The monoisotopic (exact) mass is 309 g/mol. The van der Waals surface area contributed by atoms with Crippen molar-refractivity contribution in [2.24, 2.45) is 5.73 Å². The van der Waals surface area contributed by atoms with Gasteiger partial charge in [-0.2, -0.15) is 0 Å². The first-order chi connectivity index (χ1) is 10.1. The largest absolute Gasteiger partial charge is 0.392 e. The van der Waals surface area contributed by atoms with Gasteiger partial charge in [-0.1, -0.05) is 37.7 Å². The SMILES string of the molecule is CCCC(C(N)=S)N1CCN(Cc2ccc(F)cc2)CC1. The second-order valence-corrected chi connectivity index (χ2v) is 6.12. The summed E-state index contributed by atoms with van der Waals surface area (Å²) in [5, 5.41) is 0. The van der Waals surface area contributed by atoms with E-state index >= 15 is 0 Å². The Bertz CT molecular complexity index is 455. The van der Waals surface area contributed by atoms with Crippen molar-refractivity contribution >= 4 is 17.2 Å². The standard InChI is InChI=1S/C16H24FN3S/c1-2-3-15(16(18)21)20-10-8-19(9-11-20)12-13-4-6-14(17)7-5-13/h4-7,15H,2-3,8-12H2,1H3,(H2,18,21). The Morgan fingerprint density at radius 2 is 1.86 bits per heavy atom. The molecule has 0 bridgehead atoms. The van der Waals surface area contributed by atoms with E-state index in [9.17, 15) is 4.39 Å². The molecule has 1 heterocycles. The second-order valence-electron chi connectivity index (χ2n) is 5.65. The third-order valence-corrected chi connectivity index (χ3v) is 4.33. The average molecular weight is 309 g/mol. The lowest BCUT2D eigenvalue weighted by molar-refractivity contribution is 0.110. The molecule has 1 saturated heterocycles. The molecule has 0 aliphatic carbocycles. The predicted molar refractivity (Wildman–Crippen MR) is 88.7 cm³/mol. The maximum Gasteiger partial charge on any atom is 0.123 e. The zero-order valence-corrected chi connectivity index (χ0v) is 13.4. The first-order valence-corrected chi connectivity index (χ1v) is 8.01. The second kappa shape index (κ2) is 7.82. The minimum absolute atomic E-state index is 0.178. The van der Waals surface area contributed by atoms with Crippen LogP contribution in [0.5, 0.6) is 0 Å². The number of halogens is 1. The third-order valence-electron chi connectivity index (χ3n) is 4.06. The molecule has 0 spiro atoms. The van der Waals surface area contributed by atoms with Gasteiger partial charge in [-0.05, 0) is 24.1 Å². The maximum absolute atomic E-state index is 12.9. The Labute approximate surface area is 131 Å². The van der Waals surface area contributed by atoms with E-state index in [0.717, 1.165) is 51.1 Å². The maximum atomic E-state index is 12.9. The molecule has 2 rings (SSSR count). The Balaban J connectivity index is 1.85. The molecular formula is C16H24FN3S. The summed E-state index contributed by atoms with van der Waals surface area (Å²) in [5.41, 5.74) is 7.02. The summed E-state index contributed by atoms with van der Waals surface area (Å²) in [6.45, 7) is 7.02. The molecule has 0 saturated carbocycles. The molecule has 5 heteroatoms. The first kappa shape index (κ1) is 16.3. The van der Waals surface area contributed by atoms with E-state index in [4.69, 9.17) is 18.0 Å². The van der Waals surface area contributed by atoms with Gasteiger partial charge in [-0.25, -0.2) is 4.39 Å². The zero-order chi connectivity index (χ0) is 15.2. The lowest BCUT2D eigenvalue weighted by atomic mass is 10.1. The number of thiocarbonyl (C=S) groups is 1. The van der Waals surface area contributed by atoms with Crippen molar-refractivity contribution in [1.29, 1.82) is 0 Å². The van der Waals surface area contributed by atoms with Gasteiger partial charge >= 0.3 is 0 Å². The fourth-order valence-corrected chi connectivity index (χ4v) is 3.13. The molecule has 2 N–H and O–H groups in total. The highest BCUT2D eigenvalue weighted by molar-refractivity contribution is 7.80. The molecule has 0 radical (unpaired) electrons. The lowest BCUT2D eigenvalue weighted by Crippen LogP contribution is -2.53. The molecule has 1 aromatic carbocycles. The van der Waals surface area contributed by atoms with Crippen LogP contribution in [0.1, 0.15) is 25.3 Å². The van der Waals surface area contributed by atoms with Gasteiger partial charge in [0.25, 0.3) is 0 Å². The zero-order valence-electron chi connectivity index (χ0n) is 12.6. The molecular weight excluding hydrogens is 285 g/mol. The molecule has 3 nitrogen and oxygen atoms in total. The molecule has 0 aromatic heterocycles. The molecule has 1 aliphatic heterocycles. The van der Waals surface area contributed by atoms with Crippen LogP contribution in [-0.2, 0) is 6.54 Å². The van der Waals surface area contributed by atoms with Gasteiger partial charge in [-0.15, -0.1) is 0 Å². The molecule has 21 heavy (non-hydrogen) atoms. The third kappa shape index (κ3) is 4.73. The summed E-state index contributed by atoms with van der Waals surface area (Å²) in [6.07, 6.45) is 2.13. The van der Waals surface area contributed by atoms with Crippen LogP contribution < -0.4 is 5.73 Å². The van der Waals surface area contributed by atoms with Crippen molar-refractivity contribution in [3.05, 3.63) is 35.6 Å². The fourth-order valence-electron chi connectivity index (χ4n) is 2.86. The van der Waals surface area contributed by atoms with Gasteiger partial charge in [0.2, 0.25) is 0 Å². The molecule has 1 atom stereocenters. The summed E-state index contributed by atoms with van der Waals surface area (Å²) in [6, 6.07) is 7.00. The van der Waals surface area contributed by atoms with E-state index in [1.165, 1.54) is 12.1 Å². The number of nitrogens with zero attached hydrogens (tertiary/aromatic N) is 2. The van der Waals surface area contributed by atoms with Gasteiger partial charge in [0.15, 0.2) is 0 Å². The number of benzene rings is 1. The minimum atomic E-state index is -0.178. The van der Waals surface area contributed by atoms with Crippen LogP contribution in [0.4, 0.5) is 4.39 Å². The van der Waals surface area contributed by atoms with Crippen LogP contribution in [0.2, 0.25) is 0 Å². The van der Waals surface area contributed by atoms with E-state index in [-0.39, 0.29) is 11.9 Å². The van der Waals surface area contributed by atoms with E-state index in [0.29, 0.717) is 4.99 Å². The van der Waals surface area contributed by atoms with Crippen LogP contribution in [0, 0.1) is 5.82 Å². The summed E-state index contributed by atoms with van der Waals surface area (Å²) < 4.78 is 12.9. The fraction of sp³-hybridized carbons (Fsp3) is 0.562. The van der Waals surface area contributed by atoms with Gasteiger partial charge in [0.1, 0.15) is 5.82 Å². The molecule has 1 aliphatic rings. The van der Waals surface area contributed by atoms with Crippen LogP contribution in [0.3, 0.4) is 0 Å². The van der Waals surface area contributed by atoms with Crippen molar-refractivity contribution in [2.45, 2.75) is 32.4 Å². The Hall–Kier alpha value is -1.04. The summed E-state index contributed by atoms with van der Waals surface area (Å²) in [4.78, 5) is 5.41. The quantitative estimate of drug-likeness (QED) is 0.818. The van der Waals surface area contributed by atoms with Crippen molar-refractivity contribution in [3.8, 4) is 0 Å². The summed E-state index contributed by atoms with van der Waals surface area (Å²) >= 11 is 5.20. The smallest absolute Gasteiger partial charge is 0.123 e. The molecule has 1 fully saturated rings. The van der Waals surface area contributed by atoms with E-state index in [2.05, 4.69) is 16.7 Å². The van der Waals surface area contributed by atoms with Crippen molar-refractivity contribution < 1.29 is 4.39 Å². The minimum Gasteiger partial charge on any atom is -0.392 e. The van der Waals surface area contributed by atoms with Crippen molar-refractivity contribution in [3.63, 3.8) is 0 Å². The van der Waals surface area contributed by atoms with Gasteiger partial charge < -0.3 is 5.73 Å². The summed E-state index contributed by atoms with van der Waals surface area (Å²) in [7, 11) is 0. The number of rotatable bonds is 6. The van der Waals surface area contributed by atoms with Crippen LogP contribution in [-0.4, -0.2) is 47.0 Å². The Morgan fingerprint density at radius 1 is 1.24 bits per heavy atom. The molecule has 1 unspecified atom stereocenters. The number of hydrogen-bond donors (Lipinski definition) is 1. The molecule has 116 valence electrons. The van der Waals surface area contributed by atoms with Crippen LogP contribution in [0.15, 0.2) is 24.3 Å². The Kier molecular flexibility index (Phi) is 6.08. The van der Waals surface area contributed by atoms with Gasteiger partial charge in [-0.3, -0.25) is 9.80 Å². The highest BCUT2D eigenvalue weighted by atomic mass is 32.1. The normalized spacial score (nSPS) is 18.6. The molecule has 1 aromatic rings. The lowest BCUT2D eigenvalue weighted by Gasteiger charge is -2.39. The van der Waals surface area contributed by atoms with Crippen LogP contribution >= 0.6 is 12.2 Å². The first-order valence-electron chi connectivity index (χ1n) is 7.60. The summed E-state index contributed by atoms with van der Waals surface area (Å²) in [5.74, 6) is -0.178. The van der Waals surface area contributed by atoms with E-state index < -0.39 is 0 Å². The van der Waals surface area contributed by atoms with Crippen LogP contribution in [0.25, 0.3) is 0 Å². The highest BCUT2D eigenvalue weighted by Crippen LogP contribution is 2.14. The number of nitrogens with two attached hydrogens (primary N) is 1. The Morgan fingerprint density at radius 3 is 2.38 bits per heavy atom. The van der Waals surface area contributed by atoms with Gasteiger partial charge in [0, 0.05) is 32.7 Å². The highest BCUT2D eigenvalue weighted by Gasteiger charge is 2.24. The molecule has 0 amide bonds. The van der Waals surface area contributed by atoms with Crippen molar-refractivity contribution in [2.75, 3.05) is 26.2 Å². The average Bonchev–Trinajstić information content (AvgIpc) is 2.48. The van der Waals surface area contributed by atoms with E-state index in [1.807, 2.05) is 12.1 Å². The van der Waals surface area contributed by atoms with Crippen molar-refractivity contribution in [1.82, 2.24) is 9.80 Å². The van der Waals surface area contributed by atoms with E-state index in [1.54, 1.807) is 0 Å².